The zero-order valence-electron chi connectivity index (χ0n) is 10.9. The number of carbonyl (C=O) groups is 1. The first kappa shape index (κ1) is 13.4. The van der Waals surface area contributed by atoms with E-state index in [9.17, 15) is 4.79 Å². The third-order valence-electron chi connectivity index (χ3n) is 3.35. The fourth-order valence-electron chi connectivity index (χ4n) is 2.29. The topological polar surface area (TPSA) is 41.1 Å². The van der Waals surface area contributed by atoms with Gasteiger partial charge in [0.1, 0.15) is 0 Å². The van der Waals surface area contributed by atoms with Gasteiger partial charge in [-0.25, -0.2) is 0 Å². The van der Waals surface area contributed by atoms with E-state index in [-0.39, 0.29) is 11.8 Å². The molecule has 0 aromatic heterocycles. The summed E-state index contributed by atoms with van der Waals surface area (Å²) in [4.78, 5) is 13.3. The zero-order valence-corrected chi connectivity index (χ0v) is 11.7. The summed E-state index contributed by atoms with van der Waals surface area (Å²) in [5, 5.41) is 6.37. The average Bonchev–Trinajstić information content (AvgIpc) is 2.39. The highest BCUT2D eigenvalue weighted by atomic mass is 32.2. The Morgan fingerprint density at radius 3 is 2.72 bits per heavy atom. The van der Waals surface area contributed by atoms with Gasteiger partial charge in [0.05, 0.1) is 0 Å². The summed E-state index contributed by atoms with van der Waals surface area (Å²) < 4.78 is 0. The van der Waals surface area contributed by atoms with Crippen molar-refractivity contribution < 1.29 is 4.79 Å². The van der Waals surface area contributed by atoms with Gasteiger partial charge in [0, 0.05) is 22.5 Å². The molecule has 0 aliphatic carbocycles. The van der Waals surface area contributed by atoms with Crippen molar-refractivity contribution in [1.29, 1.82) is 0 Å². The second-order valence-corrected chi connectivity index (χ2v) is 5.67. The van der Waals surface area contributed by atoms with Crippen molar-refractivity contribution in [1.82, 2.24) is 5.32 Å². The molecule has 18 heavy (non-hydrogen) atoms. The first-order valence-corrected chi connectivity index (χ1v) is 7.60. The predicted molar refractivity (Wildman–Crippen MR) is 77.0 cm³/mol. The molecule has 1 aromatic rings. The van der Waals surface area contributed by atoms with E-state index in [0.29, 0.717) is 6.04 Å². The predicted octanol–water partition coefficient (Wildman–Crippen LogP) is 2.74. The lowest BCUT2D eigenvalue weighted by molar-refractivity contribution is -0.120. The normalized spacial score (nSPS) is 23.7. The molecule has 1 aliphatic heterocycles. The third kappa shape index (κ3) is 3.50. The van der Waals surface area contributed by atoms with Crippen LogP contribution in [0.2, 0.25) is 0 Å². The van der Waals surface area contributed by atoms with Crippen LogP contribution in [-0.4, -0.2) is 24.7 Å². The average molecular weight is 264 g/mol. The summed E-state index contributed by atoms with van der Waals surface area (Å²) >= 11 is 1.70. The highest BCUT2D eigenvalue weighted by Crippen LogP contribution is 2.21. The molecule has 1 fully saturated rings. The van der Waals surface area contributed by atoms with Crippen LogP contribution in [0.25, 0.3) is 0 Å². The number of hydrogen-bond acceptors (Lipinski definition) is 3. The zero-order chi connectivity index (χ0) is 13.0. The van der Waals surface area contributed by atoms with Gasteiger partial charge in [-0.1, -0.05) is 0 Å². The van der Waals surface area contributed by atoms with Crippen LogP contribution in [0.4, 0.5) is 5.69 Å². The van der Waals surface area contributed by atoms with E-state index in [4.69, 9.17) is 0 Å². The van der Waals surface area contributed by atoms with E-state index in [2.05, 4.69) is 17.6 Å². The number of carbonyl (C=O) groups excluding carboxylic acids is 1. The fourth-order valence-corrected chi connectivity index (χ4v) is 2.70. The van der Waals surface area contributed by atoms with Crippen LogP contribution in [0.15, 0.2) is 29.2 Å². The van der Waals surface area contributed by atoms with E-state index in [1.54, 1.807) is 11.8 Å². The van der Waals surface area contributed by atoms with Gasteiger partial charge in [-0.2, -0.15) is 0 Å². The smallest absolute Gasteiger partial charge is 0.227 e. The molecule has 2 atom stereocenters. The van der Waals surface area contributed by atoms with Gasteiger partial charge in [-0.05, 0) is 56.8 Å². The van der Waals surface area contributed by atoms with Gasteiger partial charge < -0.3 is 10.6 Å². The van der Waals surface area contributed by atoms with E-state index in [1.807, 2.05) is 30.5 Å². The molecule has 2 N–H and O–H groups in total. The summed E-state index contributed by atoms with van der Waals surface area (Å²) in [6.45, 7) is 3.07. The Balaban J connectivity index is 1.93. The summed E-state index contributed by atoms with van der Waals surface area (Å²) in [7, 11) is 0. The maximum Gasteiger partial charge on any atom is 0.227 e. The lowest BCUT2D eigenvalue weighted by Crippen LogP contribution is -2.40. The Labute approximate surface area is 113 Å². The number of hydrogen-bond donors (Lipinski definition) is 2. The quantitative estimate of drug-likeness (QED) is 0.825. The Kier molecular flexibility index (Phi) is 4.66. The number of amides is 1. The lowest BCUT2D eigenvalue weighted by atomic mass is 9.92. The van der Waals surface area contributed by atoms with Crippen molar-refractivity contribution >= 4 is 23.4 Å². The molecule has 1 saturated heterocycles. The maximum absolute atomic E-state index is 12.1. The summed E-state index contributed by atoms with van der Waals surface area (Å²) in [6.07, 6.45) is 3.90. The van der Waals surface area contributed by atoms with Crippen LogP contribution in [0.3, 0.4) is 0 Å². The van der Waals surface area contributed by atoms with Crippen molar-refractivity contribution in [3.8, 4) is 0 Å². The Morgan fingerprint density at radius 1 is 1.39 bits per heavy atom. The minimum Gasteiger partial charge on any atom is -0.326 e. The number of thioether (sulfide) groups is 1. The summed E-state index contributed by atoms with van der Waals surface area (Å²) in [5.74, 6) is 0.293. The molecule has 98 valence electrons. The Hall–Kier alpha value is -1.00. The molecular weight excluding hydrogens is 244 g/mol. The third-order valence-corrected chi connectivity index (χ3v) is 4.10. The molecule has 0 spiro atoms. The van der Waals surface area contributed by atoms with Crippen LogP contribution in [0.1, 0.15) is 19.8 Å². The standard InChI is InChI=1S/C14H20N2OS/c1-10-9-11(7-8-15-10)14(17)16-12-3-5-13(18-2)6-4-12/h3-6,10-11,15H,7-9H2,1-2H3,(H,16,17). The van der Waals surface area contributed by atoms with Crippen molar-refractivity contribution in [2.75, 3.05) is 18.1 Å². The van der Waals surface area contributed by atoms with Gasteiger partial charge in [-0.3, -0.25) is 4.79 Å². The monoisotopic (exact) mass is 264 g/mol. The number of nitrogens with one attached hydrogen (secondary N) is 2. The van der Waals surface area contributed by atoms with Crippen LogP contribution < -0.4 is 10.6 Å². The number of benzene rings is 1. The Morgan fingerprint density at radius 2 is 2.11 bits per heavy atom. The van der Waals surface area contributed by atoms with Crippen LogP contribution >= 0.6 is 11.8 Å². The van der Waals surface area contributed by atoms with Crippen molar-refractivity contribution in [2.45, 2.75) is 30.7 Å². The molecule has 0 bridgehead atoms. The second-order valence-electron chi connectivity index (χ2n) is 4.79. The number of rotatable bonds is 3. The molecule has 2 rings (SSSR count). The summed E-state index contributed by atoms with van der Waals surface area (Å²) in [5.41, 5.74) is 0.893. The molecule has 4 heteroatoms. The molecule has 1 aromatic carbocycles. The van der Waals surface area contributed by atoms with Crippen LogP contribution in [-0.2, 0) is 4.79 Å². The van der Waals surface area contributed by atoms with E-state index in [1.165, 1.54) is 4.90 Å². The molecule has 2 unspecified atom stereocenters. The van der Waals surface area contributed by atoms with E-state index < -0.39 is 0 Å². The molecule has 0 radical (unpaired) electrons. The van der Waals surface area contributed by atoms with E-state index >= 15 is 0 Å². The second kappa shape index (κ2) is 6.25. The highest BCUT2D eigenvalue weighted by Gasteiger charge is 2.24. The lowest BCUT2D eigenvalue weighted by Gasteiger charge is -2.27. The molecule has 1 aliphatic rings. The number of piperidine rings is 1. The van der Waals surface area contributed by atoms with Gasteiger partial charge in [0.15, 0.2) is 0 Å². The number of anilines is 1. The molecule has 3 nitrogen and oxygen atoms in total. The van der Waals surface area contributed by atoms with E-state index in [0.717, 1.165) is 25.1 Å². The highest BCUT2D eigenvalue weighted by molar-refractivity contribution is 7.98. The van der Waals surface area contributed by atoms with Gasteiger partial charge in [0.2, 0.25) is 5.91 Å². The first-order valence-electron chi connectivity index (χ1n) is 6.37. The van der Waals surface area contributed by atoms with Crippen molar-refractivity contribution in [2.24, 2.45) is 5.92 Å². The minimum absolute atomic E-state index is 0.140. The van der Waals surface area contributed by atoms with Crippen molar-refractivity contribution in [3.05, 3.63) is 24.3 Å². The molecule has 0 saturated carbocycles. The molecule has 1 amide bonds. The SMILES string of the molecule is CSc1ccc(NC(=O)C2CCNC(C)C2)cc1. The van der Waals surface area contributed by atoms with Gasteiger partial charge in [0.25, 0.3) is 0 Å². The van der Waals surface area contributed by atoms with Crippen molar-refractivity contribution in [3.63, 3.8) is 0 Å². The minimum atomic E-state index is 0.140. The fraction of sp³-hybridized carbons (Fsp3) is 0.500. The molecule has 1 heterocycles. The summed E-state index contributed by atoms with van der Waals surface area (Å²) in [6, 6.07) is 8.44. The largest absolute Gasteiger partial charge is 0.326 e. The first-order chi connectivity index (χ1) is 8.69. The van der Waals surface area contributed by atoms with Gasteiger partial charge in [-0.15, -0.1) is 11.8 Å². The maximum atomic E-state index is 12.1. The molecular formula is C14H20N2OS. The van der Waals surface area contributed by atoms with Crippen LogP contribution in [0.5, 0.6) is 0 Å². The Bertz CT molecular complexity index is 405. The van der Waals surface area contributed by atoms with Crippen LogP contribution in [0, 0.1) is 5.92 Å². The van der Waals surface area contributed by atoms with Gasteiger partial charge >= 0.3 is 0 Å².